The normalized spacial score (nSPS) is 12.6. The van der Waals surface area contributed by atoms with E-state index in [0.29, 0.717) is 16.3 Å². The minimum Gasteiger partial charge on any atom is -0.504 e. The fourth-order valence-electron chi connectivity index (χ4n) is 3.23. The minimum atomic E-state index is -1.10. The van der Waals surface area contributed by atoms with E-state index in [-0.39, 0.29) is 17.4 Å². The third-order valence-corrected chi connectivity index (χ3v) is 5.01. The second-order valence-electron chi connectivity index (χ2n) is 7.36. The van der Waals surface area contributed by atoms with E-state index in [0.717, 1.165) is 5.56 Å². The summed E-state index contributed by atoms with van der Waals surface area (Å²) < 4.78 is 11.3. The van der Waals surface area contributed by atoms with Crippen molar-refractivity contribution in [1.29, 1.82) is 5.26 Å². The Morgan fingerprint density at radius 3 is 2.35 bits per heavy atom. The first-order valence-electron chi connectivity index (χ1n) is 9.80. The van der Waals surface area contributed by atoms with Gasteiger partial charge in [-0.25, -0.2) is 0 Å². The Hall–Kier alpha value is -3.49. The van der Waals surface area contributed by atoms with Gasteiger partial charge in [0.1, 0.15) is 11.8 Å². The van der Waals surface area contributed by atoms with E-state index >= 15 is 0 Å². The number of nitrogens with zero attached hydrogens (tertiary/aromatic N) is 1. The van der Waals surface area contributed by atoms with Crippen molar-refractivity contribution in [2.24, 2.45) is 5.92 Å². The number of carbonyl (C=O) groups is 1. The van der Waals surface area contributed by atoms with Gasteiger partial charge in [-0.2, -0.15) is 5.26 Å². The summed E-state index contributed by atoms with van der Waals surface area (Å²) in [6.07, 6.45) is -1.10. The first-order chi connectivity index (χ1) is 14.9. The second kappa shape index (κ2) is 10.0. The van der Waals surface area contributed by atoms with E-state index in [2.05, 4.69) is 0 Å². The van der Waals surface area contributed by atoms with Crippen molar-refractivity contribution >= 4 is 17.6 Å². The Labute approximate surface area is 186 Å². The molecule has 3 aromatic rings. The highest BCUT2D eigenvalue weighted by atomic mass is 35.5. The molecule has 0 radical (unpaired) electrons. The molecule has 2 atom stereocenters. The molecule has 0 fully saturated rings. The highest BCUT2D eigenvalue weighted by Crippen LogP contribution is 2.33. The van der Waals surface area contributed by atoms with Gasteiger partial charge in [0.25, 0.3) is 0 Å². The number of esters is 1. The molecule has 0 aromatic heterocycles. The van der Waals surface area contributed by atoms with Crippen LogP contribution >= 0.6 is 11.6 Å². The van der Waals surface area contributed by atoms with Gasteiger partial charge in [-0.3, -0.25) is 4.79 Å². The molecule has 2 unspecified atom stereocenters. The van der Waals surface area contributed by atoms with E-state index in [1.165, 1.54) is 6.07 Å². The summed E-state index contributed by atoms with van der Waals surface area (Å²) in [4.78, 5) is 13.0. The zero-order chi connectivity index (χ0) is 22.4. The number of hydrogen-bond acceptors (Lipinski definition) is 5. The number of phenolic OH excluding ortho intramolecular Hbond substituents is 1. The van der Waals surface area contributed by atoms with Crippen LogP contribution in [0.5, 0.6) is 17.2 Å². The quantitative estimate of drug-likeness (QED) is 0.435. The largest absolute Gasteiger partial charge is 0.504 e. The topological polar surface area (TPSA) is 79.6 Å². The number of phenols is 1. The average Bonchev–Trinajstić information content (AvgIpc) is 2.75. The Kier molecular flexibility index (Phi) is 7.17. The maximum absolute atomic E-state index is 13.0. The molecule has 0 bridgehead atoms. The van der Waals surface area contributed by atoms with Gasteiger partial charge in [0.15, 0.2) is 11.5 Å². The van der Waals surface area contributed by atoms with Crippen LogP contribution in [-0.4, -0.2) is 11.1 Å². The van der Waals surface area contributed by atoms with Crippen LogP contribution in [0.2, 0.25) is 5.02 Å². The van der Waals surface area contributed by atoms with Crippen LogP contribution in [0.1, 0.15) is 37.0 Å². The molecule has 6 heteroatoms. The van der Waals surface area contributed by atoms with Gasteiger partial charge in [-0.1, -0.05) is 61.8 Å². The molecule has 0 saturated carbocycles. The molecule has 0 spiro atoms. The highest BCUT2D eigenvalue weighted by Gasteiger charge is 2.29. The fraction of sp³-hybridized carbons (Fsp3) is 0.200. The molecule has 31 heavy (non-hydrogen) atoms. The predicted molar refractivity (Wildman–Crippen MR) is 118 cm³/mol. The van der Waals surface area contributed by atoms with Crippen LogP contribution in [0.25, 0.3) is 0 Å². The number of halogens is 1. The lowest BCUT2D eigenvalue weighted by molar-refractivity contribution is -0.150. The predicted octanol–water partition coefficient (Wildman–Crippen LogP) is 6.39. The van der Waals surface area contributed by atoms with Gasteiger partial charge in [0.05, 0.1) is 5.92 Å². The molecule has 0 aliphatic carbocycles. The first-order valence-corrected chi connectivity index (χ1v) is 10.2. The van der Waals surface area contributed by atoms with E-state index < -0.39 is 18.0 Å². The lowest BCUT2D eigenvalue weighted by atomic mass is 9.88. The number of para-hydroxylation sites is 2. The molecule has 0 aliphatic rings. The number of rotatable bonds is 7. The van der Waals surface area contributed by atoms with Crippen molar-refractivity contribution in [3.05, 3.63) is 88.9 Å². The van der Waals surface area contributed by atoms with Gasteiger partial charge >= 0.3 is 5.97 Å². The van der Waals surface area contributed by atoms with E-state index in [9.17, 15) is 15.2 Å². The molecule has 0 aliphatic heterocycles. The summed E-state index contributed by atoms with van der Waals surface area (Å²) in [5, 5.41) is 20.1. The van der Waals surface area contributed by atoms with Crippen LogP contribution in [0.15, 0.2) is 72.8 Å². The highest BCUT2D eigenvalue weighted by molar-refractivity contribution is 6.30. The van der Waals surface area contributed by atoms with Crippen LogP contribution in [0.4, 0.5) is 0 Å². The molecule has 3 aromatic carbocycles. The summed E-state index contributed by atoms with van der Waals surface area (Å²) in [6, 6.07) is 22.3. The fourth-order valence-corrected chi connectivity index (χ4v) is 3.36. The van der Waals surface area contributed by atoms with Crippen molar-refractivity contribution in [2.75, 3.05) is 0 Å². The smallest absolute Gasteiger partial charge is 0.315 e. The number of benzene rings is 3. The molecule has 3 rings (SSSR count). The van der Waals surface area contributed by atoms with Crippen LogP contribution in [0.3, 0.4) is 0 Å². The summed E-state index contributed by atoms with van der Waals surface area (Å²) >= 11 is 5.96. The molecule has 1 N–H and O–H groups in total. The van der Waals surface area contributed by atoms with Crippen LogP contribution in [-0.2, 0) is 9.53 Å². The Bertz CT molecular complexity index is 1090. The lowest BCUT2D eigenvalue weighted by Crippen LogP contribution is -2.22. The minimum absolute atomic E-state index is 0.00102. The SMILES string of the molecule is CC(C)C(C(=O)OC(C#N)c1cccc(Oc2ccccc2O)c1)c1ccc(Cl)cc1. The Morgan fingerprint density at radius 1 is 1.00 bits per heavy atom. The number of aromatic hydroxyl groups is 1. The van der Waals surface area contributed by atoms with Crippen molar-refractivity contribution in [3.63, 3.8) is 0 Å². The standard InChI is InChI=1S/C25H22ClNO4/c1-16(2)24(17-10-12-19(26)13-11-17)25(29)31-23(15-27)18-6-5-7-20(14-18)30-22-9-4-3-8-21(22)28/h3-14,16,23-24,28H,1-2H3. The van der Waals surface area contributed by atoms with Crippen molar-refractivity contribution in [1.82, 2.24) is 0 Å². The van der Waals surface area contributed by atoms with Crippen LogP contribution < -0.4 is 4.74 Å². The van der Waals surface area contributed by atoms with Crippen molar-refractivity contribution < 1.29 is 19.4 Å². The maximum atomic E-state index is 13.0. The summed E-state index contributed by atoms with van der Waals surface area (Å²) in [6.45, 7) is 3.84. The maximum Gasteiger partial charge on any atom is 0.315 e. The molecule has 158 valence electrons. The van der Waals surface area contributed by atoms with Gasteiger partial charge in [-0.15, -0.1) is 0 Å². The third kappa shape index (κ3) is 5.56. The van der Waals surface area contributed by atoms with Gasteiger partial charge in [0.2, 0.25) is 6.10 Å². The van der Waals surface area contributed by atoms with E-state index in [1.807, 2.05) is 19.9 Å². The molecular weight excluding hydrogens is 414 g/mol. The number of hydrogen-bond donors (Lipinski definition) is 1. The Balaban J connectivity index is 1.80. The van der Waals surface area contributed by atoms with Gasteiger partial charge in [0, 0.05) is 10.6 Å². The second-order valence-corrected chi connectivity index (χ2v) is 7.80. The third-order valence-electron chi connectivity index (χ3n) is 4.75. The van der Waals surface area contributed by atoms with Crippen LogP contribution in [0, 0.1) is 17.2 Å². The molecule has 0 amide bonds. The monoisotopic (exact) mass is 435 g/mol. The zero-order valence-electron chi connectivity index (χ0n) is 17.2. The lowest BCUT2D eigenvalue weighted by Gasteiger charge is -2.22. The molecular formula is C25H22ClNO4. The number of ether oxygens (including phenoxy) is 2. The Morgan fingerprint density at radius 2 is 1.71 bits per heavy atom. The molecule has 0 saturated heterocycles. The summed E-state index contributed by atoms with van der Waals surface area (Å²) in [5.41, 5.74) is 1.25. The average molecular weight is 436 g/mol. The summed E-state index contributed by atoms with van der Waals surface area (Å²) in [7, 11) is 0. The summed E-state index contributed by atoms with van der Waals surface area (Å²) in [5.74, 6) is -0.367. The van der Waals surface area contributed by atoms with Crippen molar-refractivity contribution in [2.45, 2.75) is 25.9 Å². The molecule has 0 heterocycles. The number of nitriles is 1. The van der Waals surface area contributed by atoms with Gasteiger partial charge in [-0.05, 0) is 47.9 Å². The van der Waals surface area contributed by atoms with Crippen molar-refractivity contribution in [3.8, 4) is 23.3 Å². The van der Waals surface area contributed by atoms with E-state index in [4.69, 9.17) is 21.1 Å². The van der Waals surface area contributed by atoms with E-state index in [1.54, 1.807) is 66.7 Å². The molecule has 5 nitrogen and oxygen atoms in total. The first kappa shape index (κ1) is 22.2. The van der Waals surface area contributed by atoms with Gasteiger partial charge < -0.3 is 14.6 Å². The zero-order valence-corrected chi connectivity index (χ0v) is 17.9. The number of carbonyl (C=O) groups excluding carboxylic acids is 1.